The molecule has 0 spiro atoms. The molecule has 6 nitrogen and oxygen atoms in total. The van der Waals surface area contributed by atoms with Crippen molar-refractivity contribution in [3.63, 3.8) is 0 Å². The second kappa shape index (κ2) is 8.53. The number of ether oxygens (including phenoxy) is 1. The van der Waals surface area contributed by atoms with Gasteiger partial charge >= 0.3 is 0 Å². The summed E-state index contributed by atoms with van der Waals surface area (Å²) < 4.78 is 21.3. The summed E-state index contributed by atoms with van der Waals surface area (Å²) in [6, 6.07) is 14.6. The molecule has 2 aromatic carbocycles. The van der Waals surface area contributed by atoms with E-state index in [-0.39, 0.29) is 17.8 Å². The fraction of sp³-hybridized carbons (Fsp3) is 0.318. The minimum absolute atomic E-state index is 0.0598. The lowest BCUT2D eigenvalue weighted by atomic mass is 10.1. The van der Waals surface area contributed by atoms with E-state index in [4.69, 9.17) is 4.74 Å². The number of aryl methyl sites for hydroxylation is 1. The molecule has 4 rings (SSSR count). The van der Waals surface area contributed by atoms with Gasteiger partial charge in [-0.1, -0.05) is 41.6 Å². The predicted octanol–water partition coefficient (Wildman–Crippen LogP) is 3.53. The third kappa shape index (κ3) is 4.51. The van der Waals surface area contributed by atoms with Crippen LogP contribution >= 0.6 is 0 Å². The third-order valence-electron chi connectivity index (χ3n) is 5.16. The number of amides is 1. The maximum atomic E-state index is 13.8. The molecule has 150 valence electrons. The Balaban J connectivity index is 1.32. The summed E-state index contributed by atoms with van der Waals surface area (Å²) in [6.45, 7) is 3.72. The highest BCUT2D eigenvalue weighted by atomic mass is 19.1. The second-order valence-corrected chi connectivity index (χ2v) is 7.33. The van der Waals surface area contributed by atoms with Crippen molar-refractivity contribution in [2.45, 2.75) is 32.6 Å². The molecule has 1 unspecified atom stereocenters. The number of rotatable bonds is 6. The standard InChI is InChI=1S/C22H23FN4O2/c1-16-7-8-18(11-21(16)23)22(28)26-10-9-20(13-26)27-12-19(24-25-27)15-29-14-17-5-3-2-4-6-17/h2-8,11-12,20H,9-10,13-15H2,1H3. The molecule has 1 aliphatic heterocycles. The molecule has 1 saturated heterocycles. The number of nitrogens with zero attached hydrogens (tertiary/aromatic N) is 4. The first kappa shape index (κ1) is 19.3. The van der Waals surface area contributed by atoms with Crippen LogP contribution in [-0.2, 0) is 18.0 Å². The minimum Gasteiger partial charge on any atom is -0.370 e. The monoisotopic (exact) mass is 394 g/mol. The Hall–Kier alpha value is -3.06. The van der Waals surface area contributed by atoms with Crippen molar-refractivity contribution in [2.24, 2.45) is 0 Å². The molecule has 1 amide bonds. The van der Waals surface area contributed by atoms with E-state index in [0.29, 0.717) is 37.4 Å². The maximum Gasteiger partial charge on any atom is 0.254 e. The molecule has 29 heavy (non-hydrogen) atoms. The van der Waals surface area contributed by atoms with Gasteiger partial charge in [-0.25, -0.2) is 9.07 Å². The Morgan fingerprint density at radius 3 is 2.83 bits per heavy atom. The number of hydrogen-bond acceptors (Lipinski definition) is 4. The summed E-state index contributed by atoms with van der Waals surface area (Å²) in [7, 11) is 0. The van der Waals surface area contributed by atoms with E-state index >= 15 is 0 Å². The van der Waals surface area contributed by atoms with E-state index in [0.717, 1.165) is 17.7 Å². The lowest BCUT2D eigenvalue weighted by Gasteiger charge is -2.16. The van der Waals surface area contributed by atoms with Gasteiger partial charge in [0.2, 0.25) is 0 Å². The van der Waals surface area contributed by atoms with Crippen LogP contribution in [0.15, 0.2) is 54.7 Å². The molecule has 1 atom stereocenters. The first-order valence-electron chi connectivity index (χ1n) is 9.68. The van der Waals surface area contributed by atoms with Gasteiger partial charge < -0.3 is 9.64 Å². The number of aromatic nitrogens is 3. The highest BCUT2D eigenvalue weighted by molar-refractivity contribution is 5.94. The summed E-state index contributed by atoms with van der Waals surface area (Å²) in [5, 5.41) is 8.38. The summed E-state index contributed by atoms with van der Waals surface area (Å²) in [6.07, 6.45) is 2.66. The van der Waals surface area contributed by atoms with E-state index in [1.165, 1.54) is 6.07 Å². The topological polar surface area (TPSA) is 60.2 Å². The average Bonchev–Trinajstić information content (AvgIpc) is 3.40. The first-order chi connectivity index (χ1) is 14.1. The van der Waals surface area contributed by atoms with Crippen LogP contribution in [0.1, 0.15) is 39.6 Å². The van der Waals surface area contributed by atoms with Crippen molar-refractivity contribution in [1.82, 2.24) is 19.9 Å². The van der Waals surface area contributed by atoms with Crippen LogP contribution in [0.2, 0.25) is 0 Å². The van der Waals surface area contributed by atoms with Gasteiger partial charge in [0.25, 0.3) is 5.91 Å². The largest absolute Gasteiger partial charge is 0.370 e. The molecule has 3 aromatic rings. The number of hydrogen-bond donors (Lipinski definition) is 0. The smallest absolute Gasteiger partial charge is 0.254 e. The first-order valence-corrected chi connectivity index (χ1v) is 9.68. The fourth-order valence-corrected chi connectivity index (χ4v) is 3.46. The van der Waals surface area contributed by atoms with E-state index in [9.17, 15) is 9.18 Å². The SMILES string of the molecule is Cc1ccc(C(=O)N2CCC(n3cc(COCc4ccccc4)nn3)C2)cc1F. The van der Waals surface area contributed by atoms with Crippen LogP contribution in [0, 0.1) is 12.7 Å². The van der Waals surface area contributed by atoms with Crippen LogP contribution in [0.25, 0.3) is 0 Å². The molecular formula is C22H23FN4O2. The fourth-order valence-electron chi connectivity index (χ4n) is 3.46. The van der Waals surface area contributed by atoms with Gasteiger partial charge in [0, 0.05) is 18.7 Å². The summed E-state index contributed by atoms with van der Waals surface area (Å²) in [5.41, 5.74) is 2.77. The van der Waals surface area contributed by atoms with Crippen molar-refractivity contribution in [1.29, 1.82) is 0 Å². The van der Waals surface area contributed by atoms with Gasteiger partial charge in [0.15, 0.2) is 0 Å². The Labute approximate surface area is 168 Å². The van der Waals surface area contributed by atoms with Gasteiger partial charge in [0.05, 0.1) is 25.5 Å². The third-order valence-corrected chi connectivity index (χ3v) is 5.16. The Kier molecular flexibility index (Phi) is 5.67. The Bertz CT molecular complexity index is 989. The van der Waals surface area contributed by atoms with Crippen molar-refractivity contribution in [2.75, 3.05) is 13.1 Å². The average molecular weight is 394 g/mol. The molecule has 1 aliphatic rings. The van der Waals surface area contributed by atoms with E-state index in [2.05, 4.69) is 10.3 Å². The van der Waals surface area contributed by atoms with Crippen LogP contribution in [0.4, 0.5) is 4.39 Å². The molecule has 7 heteroatoms. The molecule has 0 radical (unpaired) electrons. The molecule has 1 aromatic heterocycles. The summed E-state index contributed by atoms with van der Waals surface area (Å²) in [5.74, 6) is -0.513. The van der Waals surface area contributed by atoms with E-state index in [1.807, 2.05) is 36.5 Å². The summed E-state index contributed by atoms with van der Waals surface area (Å²) >= 11 is 0. The number of carbonyl (C=O) groups is 1. The number of carbonyl (C=O) groups excluding carboxylic acids is 1. The van der Waals surface area contributed by atoms with Crippen LogP contribution < -0.4 is 0 Å². The second-order valence-electron chi connectivity index (χ2n) is 7.33. The molecule has 0 bridgehead atoms. The number of benzene rings is 2. The minimum atomic E-state index is -0.358. The highest BCUT2D eigenvalue weighted by Gasteiger charge is 2.29. The van der Waals surface area contributed by atoms with Gasteiger partial charge in [-0.15, -0.1) is 5.10 Å². The van der Waals surface area contributed by atoms with Gasteiger partial charge in [-0.05, 0) is 36.6 Å². The Morgan fingerprint density at radius 1 is 1.21 bits per heavy atom. The molecule has 0 aliphatic carbocycles. The molecule has 1 fully saturated rings. The van der Waals surface area contributed by atoms with Crippen molar-refractivity contribution in [3.05, 3.63) is 82.9 Å². The normalized spacial score (nSPS) is 16.3. The number of likely N-dealkylation sites (tertiary alicyclic amines) is 1. The van der Waals surface area contributed by atoms with Gasteiger partial charge in [-0.2, -0.15) is 0 Å². The lowest BCUT2D eigenvalue weighted by molar-refractivity contribution is 0.0786. The van der Waals surface area contributed by atoms with Gasteiger partial charge in [-0.3, -0.25) is 4.79 Å². The van der Waals surface area contributed by atoms with Crippen molar-refractivity contribution in [3.8, 4) is 0 Å². The van der Waals surface area contributed by atoms with Gasteiger partial charge in [0.1, 0.15) is 11.5 Å². The lowest BCUT2D eigenvalue weighted by Crippen LogP contribution is -2.29. The molecule has 0 N–H and O–H groups in total. The maximum absolute atomic E-state index is 13.8. The zero-order valence-corrected chi connectivity index (χ0v) is 16.3. The molecule has 2 heterocycles. The molecule has 0 saturated carbocycles. The van der Waals surface area contributed by atoms with Crippen LogP contribution in [0.3, 0.4) is 0 Å². The predicted molar refractivity (Wildman–Crippen MR) is 106 cm³/mol. The highest BCUT2D eigenvalue weighted by Crippen LogP contribution is 2.23. The number of halogens is 1. The quantitative estimate of drug-likeness (QED) is 0.642. The molecular weight excluding hydrogens is 371 g/mol. The van der Waals surface area contributed by atoms with E-state index in [1.54, 1.807) is 28.6 Å². The van der Waals surface area contributed by atoms with Crippen LogP contribution in [-0.4, -0.2) is 38.9 Å². The van der Waals surface area contributed by atoms with Crippen LogP contribution in [0.5, 0.6) is 0 Å². The van der Waals surface area contributed by atoms with Crippen molar-refractivity contribution >= 4 is 5.91 Å². The zero-order valence-electron chi connectivity index (χ0n) is 16.3. The zero-order chi connectivity index (χ0) is 20.2. The Morgan fingerprint density at radius 2 is 2.03 bits per heavy atom. The van der Waals surface area contributed by atoms with Crippen molar-refractivity contribution < 1.29 is 13.9 Å². The van der Waals surface area contributed by atoms with E-state index < -0.39 is 0 Å². The summed E-state index contributed by atoms with van der Waals surface area (Å²) in [4.78, 5) is 14.4.